The summed E-state index contributed by atoms with van der Waals surface area (Å²) in [5.41, 5.74) is 8.44. The highest BCUT2D eigenvalue weighted by atomic mass is 16.4. The van der Waals surface area contributed by atoms with Crippen LogP contribution in [-0.2, 0) is 4.79 Å². The summed E-state index contributed by atoms with van der Waals surface area (Å²) in [5.74, 6) is -0.976. The molecule has 15 heavy (non-hydrogen) atoms. The largest absolute Gasteiger partial charge is 0.480 e. The minimum absolute atomic E-state index is 0.335. The van der Waals surface area contributed by atoms with Crippen molar-refractivity contribution in [3.63, 3.8) is 0 Å². The van der Waals surface area contributed by atoms with Gasteiger partial charge >= 0.3 is 5.97 Å². The summed E-state index contributed by atoms with van der Waals surface area (Å²) in [4.78, 5) is 14.9. The van der Waals surface area contributed by atoms with Gasteiger partial charge in [0.1, 0.15) is 6.04 Å². The second kappa shape index (κ2) is 3.82. The summed E-state index contributed by atoms with van der Waals surface area (Å²) < 4.78 is 0. The molecular weight excluding hydrogens is 192 g/mol. The number of rotatable bonds is 3. The fourth-order valence-corrected chi connectivity index (χ4v) is 1.68. The maximum atomic E-state index is 10.6. The molecule has 1 unspecified atom stereocenters. The number of nitrogens with two attached hydrogens (primary N) is 1. The number of allylic oxidation sites excluding steroid dienone is 4. The third-order valence-corrected chi connectivity index (χ3v) is 2.50. The molecule has 78 valence electrons. The van der Waals surface area contributed by atoms with Gasteiger partial charge in [-0.15, -0.1) is 0 Å². The van der Waals surface area contributed by atoms with E-state index in [0.29, 0.717) is 6.42 Å². The smallest absolute Gasteiger partial charge is 0.320 e. The molecule has 0 bridgehead atoms. The second-order valence-corrected chi connectivity index (χ2v) is 3.59. The maximum Gasteiger partial charge on any atom is 0.320 e. The Hall–Kier alpha value is -1.68. The second-order valence-electron chi connectivity index (χ2n) is 3.59. The molecule has 0 spiro atoms. The molecule has 0 radical (unpaired) electrons. The van der Waals surface area contributed by atoms with E-state index in [4.69, 9.17) is 10.8 Å². The summed E-state index contributed by atoms with van der Waals surface area (Å²) in [6, 6.07) is -0.849. The van der Waals surface area contributed by atoms with E-state index in [0.717, 1.165) is 23.3 Å². The number of carboxylic acids is 1. The number of fused-ring (bicyclic) bond motifs is 1. The molecule has 1 aliphatic carbocycles. The van der Waals surface area contributed by atoms with Crippen molar-refractivity contribution in [2.45, 2.75) is 18.9 Å². The summed E-state index contributed by atoms with van der Waals surface area (Å²) >= 11 is 0. The first kappa shape index (κ1) is 9.86. The number of aliphatic carboxylic acids is 1. The van der Waals surface area contributed by atoms with Crippen LogP contribution in [0.5, 0.6) is 0 Å². The topological polar surface area (TPSA) is 75.7 Å². The molecule has 3 N–H and O–H groups in total. The lowest BCUT2D eigenvalue weighted by Gasteiger charge is -2.11. The number of carboxylic acid groups (broad SMARTS) is 1. The summed E-state index contributed by atoms with van der Waals surface area (Å²) in [6.45, 7) is 0. The predicted octanol–water partition coefficient (Wildman–Crippen LogP) is 1.01. The Morgan fingerprint density at radius 3 is 3.20 bits per heavy atom. The lowest BCUT2D eigenvalue weighted by molar-refractivity contribution is -0.138. The van der Waals surface area contributed by atoms with Gasteiger partial charge in [-0.1, -0.05) is 18.2 Å². The van der Waals surface area contributed by atoms with E-state index in [1.165, 1.54) is 0 Å². The van der Waals surface area contributed by atoms with E-state index in [9.17, 15) is 4.79 Å². The van der Waals surface area contributed by atoms with E-state index in [1.54, 1.807) is 6.20 Å². The Balaban J connectivity index is 2.11. The van der Waals surface area contributed by atoms with E-state index in [-0.39, 0.29) is 0 Å². The van der Waals surface area contributed by atoms with E-state index in [2.05, 4.69) is 4.99 Å². The predicted molar refractivity (Wildman–Crippen MR) is 57.6 cm³/mol. The Labute approximate surface area is 87.5 Å². The summed E-state index contributed by atoms with van der Waals surface area (Å²) in [6.07, 6.45) is 8.80. The van der Waals surface area contributed by atoms with Gasteiger partial charge in [0.15, 0.2) is 0 Å². The van der Waals surface area contributed by atoms with Crippen molar-refractivity contribution in [2.75, 3.05) is 0 Å². The zero-order chi connectivity index (χ0) is 10.8. The van der Waals surface area contributed by atoms with Gasteiger partial charge in [-0.25, -0.2) is 0 Å². The van der Waals surface area contributed by atoms with Crippen LogP contribution in [0, 0.1) is 0 Å². The van der Waals surface area contributed by atoms with Crippen molar-refractivity contribution < 1.29 is 9.90 Å². The molecule has 0 saturated carbocycles. The van der Waals surface area contributed by atoms with Gasteiger partial charge in [0.2, 0.25) is 0 Å². The zero-order valence-corrected chi connectivity index (χ0v) is 8.18. The molecule has 0 aromatic carbocycles. The Kier molecular flexibility index (Phi) is 2.51. The molecule has 0 saturated heterocycles. The highest BCUT2D eigenvalue weighted by Gasteiger charge is 2.22. The van der Waals surface area contributed by atoms with Gasteiger partial charge < -0.3 is 10.8 Å². The molecule has 2 rings (SSSR count). The number of aliphatic imine (C=N–C) groups is 1. The number of hydrogen-bond donors (Lipinski definition) is 2. The summed E-state index contributed by atoms with van der Waals surface area (Å²) in [5, 5.41) is 8.72. The zero-order valence-electron chi connectivity index (χ0n) is 8.18. The molecular formula is C11H12N2O2. The third-order valence-electron chi connectivity index (χ3n) is 2.50. The molecule has 1 atom stereocenters. The molecule has 1 aliphatic heterocycles. The fraction of sp³-hybridized carbons (Fsp3) is 0.273. The van der Waals surface area contributed by atoms with Gasteiger partial charge in [0, 0.05) is 24.6 Å². The minimum Gasteiger partial charge on any atom is -0.480 e. The number of carbonyl (C=O) groups is 1. The quantitative estimate of drug-likeness (QED) is 0.720. The van der Waals surface area contributed by atoms with E-state index < -0.39 is 12.0 Å². The Bertz CT molecular complexity index is 416. The number of nitrogens with zero attached hydrogens (tertiary/aromatic N) is 1. The van der Waals surface area contributed by atoms with Crippen LogP contribution in [0.1, 0.15) is 12.8 Å². The van der Waals surface area contributed by atoms with Crippen LogP contribution < -0.4 is 5.73 Å². The minimum atomic E-state index is -0.976. The average Bonchev–Trinajstić information content (AvgIpc) is 2.62. The molecule has 4 nitrogen and oxygen atoms in total. The van der Waals surface area contributed by atoms with Crippen molar-refractivity contribution in [3.05, 3.63) is 35.6 Å². The standard InChI is InChI=1S/C11H12N2O2/c12-9(11(14)15)5-7-6-13-10-4-2-1-3-8(7)10/h1-3,6,9H,4-5,12H2,(H,14,15). The number of hydrogen-bond acceptors (Lipinski definition) is 3. The third kappa shape index (κ3) is 1.89. The van der Waals surface area contributed by atoms with Crippen molar-refractivity contribution in [2.24, 2.45) is 10.7 Å². The molecule has 4 heteroatoms. The fourth-order valence-electron chi connectivity index (χ4n) is 1.68. The molecule has 0 aromatic heterocycles. The van der Waals surface area contributed by atoms with Crippen LogP contribution in [-0.4, -0.2) is 22.8 Å². The van der Waals surface area contributed by atoms with Crippen LogP contribution in [0.25, 0.3) is 0 Å². The monoisotopic (exact) mass is 204 g/mol. The Morgan fingerprint density at radius 1 is 1.67 bits per heavy atom. The van der Waals surface area contributed by atoms with Crippen LogP contribution in [0.2, 0.25) is 0 Å². The van der Waals surface area contributed by atoms with Crippen LogP contribution in [0.4, 0.5) is 0 Å². The summed E-state index contributed by atoms with van der Waals surface area (Å²) in [7, 11) is 0. The lowest BCUT2D eigenvalue weighted by atomic mass is 9.94. The van der Waals surface area contributed by atoms with Gasteiger partial charge in [-0.3, -0.25) is 9.79 Å². The van der Waals surface area contributed by atoms with Gasteiger partial charge in [-0.2, -0.15) is 0 Å². The lowest BCUT2D eigenvalue weighted by Crippen LogP contribution is -2.30. The van der Waals surface area contributed by atoms with Crippen LogP contribution in [0.3, 0.4) is 0 Å². The highest BCUT2D eigenvalue weighted by molar-refractivity contribution is 6.08. The van der Waals surface area contributed by atoms with Gasteiger partial charge in [0.25, 0.3) is 0 Å². The molecule has 1 heterocycles. The Morgan fingerprint density at radius 2 is 2.47 bits per heavy atom. The van der Waals surface area contributed by atoms with E-state index >= 15 is 0 Å². The molecule has 0 aromatic rings. The SMILES string of the molecule is NC(CC1=CN=C2CC=CC=C12)C(=O)O. The van der Waals surface area contributed by atoms with Gasteiger partial charge in [-0.05, 0) is 5.57 Å². The average molecular weight is 204 g/mol. The van der Waals surface area contributed by atoms with Crippen molar-refractivity contribution in [3.8, 4) is 0 Å². The molecule has 0 fully saturated rings. The first-order valence-electron chi connectivity index (χ1n) is 4.80. The first-order chi connectivity index (χ1) is 7.18. The maximum absolute atomic E-state index is 10.6. The molecule has 0 amide bonds. The van der Waals surface area contributed by atoms with Crippen molar-refractivity contribution in [1.29, 1.82) is 0 Å². The first-order valence-corrected chi connectivity index (χ1v) is 4.80. The molecule has 2 aliphatic rings. The normalized spacial score (nSPS) is 20.2. The van der Waals surface area contributed by atoms with Crippen molar-refractivity contribution >= 4 is 11.7 Å². The van der Waals surface area contributed by atoms with Gasteiger partial charge in [0.05, 0.1) is 5.71 Å². The van der Waals surface area contributed by atoms with Crippen LogP contribution >= 0.6 is 0 Å². The highest BCUT2D eigenvalue weighted by Crippen LogP contribution is 2.27. The van der Waals surface area contributed by atoms with Crippen LogP contribution in [0.15, 0.2) is 40.6 Å². The van der Waals surface area contributed by atoms with E-state index in [1.807, 2.05) is 18.2 Å². The van der Waals surface area contributed by atoms with Crippen molar-refractivity contribution in [1.82, 2.24) is 0 Å².